The molecular weight excluding hydrogens is 402 g/mol. The number of piperidine rings is 3. The Hall–Kier alpha value is -1.90. The molecule has 2 bridgehead atoms. The van der Waals surface area contributed by atoms with Gasteiger partial charge in [-0.3, -0.25) is 4.90 Å². The molecule has 0 N–H and O–H groups in total. The summed E-state index contributed by atoms with van der Waals surface area (Å²) in [6.07, 6.45) is 5.93. The highest BCUT2D eigenvalue weighted by Gasteiger charge is 2.47. The van der Waals surface area contributed by atoms with Crippen molar-refractivity contribution in [2.24, 2.45) is 11.8 Å². The van der Waals surface area contributed by atoms with Gasteiger partial charge in [0.25, 0.3) is 0 Å². The van der Waals surface area contributed by atoms with Crippen molar-refractivity contribution in [1.29, 1.82) is 0 Å². The largest absolute Gasteiger partial charge is 0.497 e. The standard InChI is InChI=1S/C22H29N3O4S/c1-15-22(11-23-29-15)30(26,27)24-12-16-10-18(14-24)21-5-3-4-20(25(21)13-16)17-6-8-19(28-2)9-7-17/h6-9,11,16,18,20-21H,3-5,10,12-14H2,1-2H3/t16-,18+,20+,21-/m0/s1. The van der Waals surface area contributed by atoms with E-state index in [9.17, 15) is 8.42 Å². The van der Waals surface area contributed by atoms with Crippen molar-refractivity contribution in [3.63, 3.8) is 0 Å². The highest BCUT2D eigenvalue weighted by atomic mass is 32.2. The second kappa shape index (κ2) is 7.66. The van der Waals surface area contributed by atoms with Gasteiger partial charge in [-0.05, 0) is 62.1 Å². The second-order valence-corrected chi connectivity index (χ2v) is 10.8. The van der Waals surface area contributed by atoms with Gasteiger partial charge in [-0.1, -0.05) is 17.3 Å². The van der Waals surface area contributed by atoms with Crippen molar-refractivity contribution >= 4 is 10.0 Å². The monoisotopic (exact) mass is 431 g/mol. The zero-order chi connectivity index (χ0) is 20.9. The van der Waals surface area contributed by atoms with E-state index in [1.165, 1.54) is 18.2 Å². The van der Waals surface area contributed by atoms with Gasteiger partial charge in [0.15, 0.2) is 5.76 Å². The Balaban J connectivity index is 1.38. The molecule has 0 unspecified atom stereocenters. The van der Waals surface area contributed by atoms with Crippen molar-refractivity contribution < 1.29 is 17.7 Å². The van der Waals surface area contributed by atoms with Crippen molar-refractivity contribution in [3.8, 4) is 5.75 Å². The van der Waals surface area contributed by atoms with Crippen LogP contribution in [0.5, 0.6) is 5.75 Å². The van der Waals surface area contributed by atoms with Crippen molar-refractivity contribution in [3.05, 3.63) is 41.8 Å². The number of methoxy groups -OCH3 is 1. The van der Waals surface area contributed by atoms with E-state index in [0.717, 1.165) is 31.6 Å². The maximum atomic E-state index is 13.2. The Morgan fingerprint density at radius 1 is 1.13 bits per heavy atom. The third kappa shape index (κ3) is 3.35. The van der Waals surface area contributed by atoms with Crippen LogP contribution < -0.4 is 4.74 Å². The van der Waals surface area contributed by atoms with Crippen molar-refractivity contribution in [2.75, 3.05) is 26.7 Å². The molecule has 0 spiro atoms. The van der Waals surface area contributed by atoms with Crippen LogP contribution in [0.15, 0.2) is 39.9 Å². The Labute approximate surface area is 178 Å². The number of rotatable bonds is 4. The lowest BCUT2D eigenvalue weighted by atomic mass is 9.74. The molecule has 30 heavy (non-hydrogen) atoms. The van der Waals surface area contributed by atoms with E-state index >= 15 is 0 Å². The van der Waals surface area contributed by atoms with Crippen LogP contribution in [-0.2, 0) is 10.0 Å². The second-order valence-electron chi connectivity index (χ2n) is 8.91. The lowest BCUT2D eigenvalue weighted by molar-refractivity contribution is -0.0416. The third-order valence-electron chi connectivity index (χ3n) is 7.18. The lowest BCUT2D eigenvalue weighted by Gasteiger charge is -2.55. The van der Waals surface area contributed by atoms with Crippen LogP contribution in [-0.4, -0.2) is 55.6 Å². The fraction of sp³-hybridized carbons (Fsp3) is 0.591. The molecule has 4 atom stereocenters. The zero-order valence-electron chi connectivity index (χ0n) is 17.5. The predicted molar refractivity (Wildman–Crippen MR) is 112 cm³/mol. The molecule has 3 saturated heterocycles. The maximum absolute atomic E-state index is 13.2. The molecule has 0 amide bonds. The first-order valence-electron chi connectivity index (χ1n) is 10.8. The summed E-state index contributed by atoms with van der Waals surface area (Å²) >= 11 is 0. The molecule has 0 radical (unpaired) electrons. The van der Waals surface area contributed by atoms with Crippen LogP contribution in [0.3, 0.4) is 0 Å². The molecule has 0 aliphatic carbocycles. The normalized spacial score (nSPS) is 30.1. The topological polar surface area (TPSA) is 75.9 Å². The average Bonchev–Trinajstić information content (AvgIpc) is 3.20. The number of aryl methyl sites for hydroxylation is 1. The Bertz CT molecular complexity index is 1000. The molecule has 4 heterocycles. The fourth-order valence-corrected chi connectivity index (χ4v) is 7.47. The molecule has 2 aromatic rings. The highest BCUT2D eigenvalue weighted by molar-refractivity contribution is 7.89. The molecule has 0 saturated carbocycles. The van der Waals surface area contributed by atoms with E-state index in [-0.39, 0.29) is 4.90 Å². The number of sulfonamides is 1. The summed E-state index contributed by atoms with van der Waals surface area (Å²) in [7, 11) is -1.87. The Morgan fingerprint density at radius 2 is 1.93 bits per heavy atom. The average molecular weight is 432 g/mol. The summed E-state index contributed by atoms with van der Waals surface area (Å²) < 4.78 is 38.4. The van der Waals surface area contributed by atoms with E-state index in [0.29, 0.717) is 42.8 Å². The van der Waals surface area contributed by atoms with Crippen LogP contribution in [0, 0.1) is 18.8 Å². The molecular formula is C22H29N3O4S. The molecule has 1 aromatic heterocycles. The number of fused-ring (bicyclic) bond motifs is 4. The summed E-state index contributed by atoms with van der Waals surface area (Å²) in [4.78, 5) is 2.87. The van der Waals surface area contributed by atoms with Crippen LogP contribution in [0.4, 0.5) is 0 Å². The van der Waals surface area contributed by atoms with Gasteiger partial charge in [-0.15, -0.1) is 0 Å². The van der Waals surface area contributed by atoms with Gasteiger partial charge in [0.1, 0.15) is 10.6 Å². The number of hydrogen-bond acceptors (Lipinski definition) is 6. The molecule has 7 nitrogen and oxygen atoms in total. The van der Waals surface area contributed by atoms with Crippen LogP contribution in [0.25, 0.3) is 0 Å². The van der Waals surface area contributed by atoms with Crippen molar-refractivity contribution in [2.45, 2.75) is 49.6 Å². The van der Waals surface area contributed by atoms with Gasteiger partial charge in [0, 0.05) is 31.7 Å². The molecule has 5 rings (SSSR count). The smallest absolute Gasteiger partial charge is 0.248 e. The van der Waals surface area contributed by atoms with Crippen LogP contribution >= 0.6 is 0 Å². The molecule has 1 aromatic carbocycles. The van der Waals surface area contributed by atoms with Gasteiger partial charge < -0.3 is 9.26 Å². The van der Waals surface area contributed by atoms with Crippen molar-refractivity contribution in [1.82, 2.24) is 14.4 Å². The highest BCUT2D eigenvalue weighted by Crippen LogP contribution is 2.45. The fourth-order valence-electron chi connectivity index (χ4n) is 5.82. The molecule has 3 aliphatic heterocycles. The van der Waals surface area contributed by atoms with Gasteiger partial charge in [0.05, 0.1) is 13.3 Å². The summed E-state index contributed by atoms with van der Waals surface area (Å²) in [5.41, 5.74) is 1.34. The van der Waals surface area contributed by atoms with E-state index in [1.54, 1.807) is 18.3 Å². The first kappa shape index (κ1) is 20.0. The summed E-state index contributed by atoms with van der Waals surface area (Å²) in [5, 5.41) is 3.68. The van der Waals surface area contributed by atoms with Crippen LogP contribution in [0.1, 0.15) is 43.0 Å². The van der Waals surface area contributed by atoms with E-state index < -0.39 is 10.0 Å². The van der Waals surface area contributed by atoms with Gasteiger partial charge in [0.2, 0.25) is 10.0 Å². The van der Waals surface area contributed by atoms with Gasteiger partial charge in [-0.25, -0.2) is 8.42 Å². The van der Waals surface area contributed by atoms with Gasteiger partial charge >= 0.3 is 0 Å². The Morgan fingerprint density at radius 3 is 2.63 bits per heavy atom. The third-order valence-corrected chi connectivity index (χ3v) is 9.10. The minimum Gasteiger partial charge on any atom is -0.497 e. The number of nitrogens with zero attached hydrogens (tertiary/aromatic N) is 3. The zero-order valence-corrected chi connectivity index (χ0v) is 18.3. The first-order valence-corrected chi connectivity index (χ1v) is 12.2. The van der Waals surface area contributed by atoms with E-state index in [1.807, 2.05) is 12.1 Å². The minimum absolute atomic E-state index is 0.207. The summed E-state index contributed by atoms with van der Waals surface area (Å²) in [6, 6.07) is 9.29. The minimum atomic E-state index is -3.56. The van der Waals surface area contributed by atoms with E-state index in [2.05, 4.69) is 22.2 Å². The predicted octanol–water partition coefficient (Wildman–Crippen LogP) is 3.23. The molecule has 3 aliphatic rings. The number of ether oxygens (including phenoxy) is 1. The molecule has 162 valence electrons. The Kier molecular flexibility index (Phi) is 5.11. The van der Waals surface area contributed by atoms with Gasteiger partial charge in [-0.2, -0.15) is 4.31 Å². The van der Waals surface area contributed by atoms with Crippen LogP contribution in [0.2, 0.25) is 0 Å². The number of hydrogen-bond donors (Lipinski definition) is 0. The first-order chi connectivity index (χ1) is 14.5. The summed E-state index contributed by atoms with van der Waals surface area (Å²) in [5.74, 6) is 1.97. The molecule has 3 fully saturated rings. The number of benzene rings is 1. The lowest BCUT2D eigenvalue weighted by Crippen LogP contribution is -2.60. The molecule has 8 heteroatoms. The quantitative estimate of drug-likeness (QED) is 0.740. The SMILES string of the molecule is COc1ccc([C@H]2CCC[C@H]3[C@@H]4C[C@H](CN23)CN(S(=O)(=O)c2cnoc2C)C4)cc1. The maximum Gasteiger partial charge on any atom is 0.248 e. The van der Waals surface area contributed by atoms with E-state index in [4.69, 9.17) is 9.26 Å². The summed E-state index contributed by atoms with van der Waals surface area (Å²) in [6.45, 7) is 3.77. The number of aromatic nitrogens is 1.